The Labute approximate surface area is 121 Å². The van der Waals surface area contributed by atoms with E-state index in [-0.39, 0.29) is 29.9 Å². The highest BCUT2D eigenvalue weighted by Gasteiger charge is 2.15. The Morgan fingerprint density at radius 1 is 1.33 bits per heavy atom. The molecule has 0 aliphatic rings. The van der Waals surface area contributed by atoms with E-state index in [4.69, 9.17) is 4.42 Å². The number of hydrogen-bond donors (Lipinski definition) is 2. The van der Waals surface area contributed by atoms with Gasteiger partial charge < -0.3 is 9.73 Å². The van der Waals surface area contributed by atoms with E-state index in [0.29, 0.717) is 5.76 Å². The van der Waals surface area contributed by atoms with E-state index < -0.39 is 4.92 Å². The van der Waals surface area contributed by atoms with Gasteiger partial charge in [0.05, 0.1) is 23.8 Å². The first-order valence-electron chi connectivity index (χ1n) is 6.38. The zero-order chi connectivity index (χ0) is 15.2. The molecule has 1 aromatic heterocycles. The summed E-state index contributed by atoms with van der Waals surface area (Å²) < 4.78 is 5.21. The first-order chi connectivity index (χ1) is 10.1. The summed E-state index contributed by atoms with van der Waals surface area (Å²) in [7, 11) is 0. The Morgan fingerprint density at radius 3 is 2.76 bits per heavy atom. The molecule has 7 heteroatoms. The van der Waals surface area contributed by atoms with Crippen molar-refractivity contribution in [3.63, 3.8) is 0 Å². The summed E-state index contributed by atoms with van der Waals surface area (Å²) in [4.78, 5) is 22.2. The van der Waals surface area contributed by atoms with Crippen LogP contribution in [0.2, 0.25) is 0 Å². The van der Waals surface area contributed by atoms with Crippen molar-refractivity contribution in [1.82, 2.24) is 5.32 Å². The maximum Gasteiger partial charge on any atom is 0.292 e. The van der Waals surface area contributed by atoms with Crippen molar-refractivity contribution in [2.75, 3.05) is 11.9 Å². The number of nitro groups is 1. The second kappa shape index (κ2) is 6.67. The average Bonchev–Trinajstić information content (AvgIpc) is 2.99. The van der Waals surface area contributed by atoms with E-state index in [1.165, 1.54) is 12.1 Å². The van der Waals surface area contributed by atoms with Gasteiger partial charge in [-0.3, -0.25) is 20.2 Å². The molecule has 2 aromatic rings. The van der Waals surface area contributed by atoms with E-state index in [2.05, 4.69) is 10.6 Å². The topological polar surface area (TPSA) is 97.4 Å². The normalized spacial score (nSPS) is 11.9. The molecule has 7 nitrogen and oxygen atoms in total. The van der Waals surface area contributed by atoms with Crippen LogP contribution < -0.4 is 10.6 Å². The summed E-state index contributed by atoms with van der Waals surface area (Å²) in [6, 6.07) is 9.45. The number of nitro benzene ring substituents is 1. The van der Waals surface area contributed by atoms with Gasteiger partial charge >= 0.3 is 0 Å². The quantitative estimate of drug-likeness (QED) is 0.629. The molecule has 0 aliphatic heterocycles. The number of para-hydroxylation sites is 2. The average molecular weight is 289 g/mol. The molecule has 2 rings (SSSR count). The number of anilines is 1. The first kappa shape index (κ1) is 14.7. The van der Waals surface area contributed by atoms with Crippen molar-refractivity contribution < 1.29 is 14.1 Å². The summed E-state index contributed by atoms with van der Waals surface area (Å²) in [5, 5.41) is 16.3. The van der Waals surface area contributed by atoms with E-state index in [1.54, 1.807) is 30.5 Å². The summed E-state index contributed by atoms with van der Waals surface area (Å²) in [5.74, 6) is 0.358. The van der Waals surface area contributed by atoms with Gasteiger partial charge in [-0.2, -0.15) is 0 Å². The van der Waals surface area contributed by atoms with Crippen LogP contribution in [0.4, 0.5) is 11.4 Å². The lowest BCUT2D eigenvalue weighted by molar-refractivity contribution is -0.383. The summed E-state index contributed by atoms with van der Waals surface area (Å²) in [5.41, 5.74) is 0.0462. The molecule has 0 unspecified atom stereocenters. The Hall–Kier alpha value is -2.67. The van der Waals surface area contributed by atoms with Crippen LogP contribution >= 0.6 is 0 Å². The van der Waals surface area contributed by atoms with Gasteiger partial charge in [-0.25, -0.2) is 0 Å². The third-order valence-corrected chi connectivity index (χ3v) is 2.91. The number of rotatable bonds is 6. The molecule has 0 fully saturated rings. The van der Waals surface area contributed by atoms with Crippen LogP contribution in [-0.2, 0) is 4.79 Å². The fourth-order valence-electron chi connectivity index (χ4n) is 1.82. The van der Waals surface area contributed by atoms with Crippen molar-refractivity contribution in [2.45, 2.75) is 13.0 Å². The lowest BCUT2D eigenvalue weighted by Gasteiger charge is -2.11. The molecule has 0 aliphatic carbocycles. The second-order valence-electron chi connectivity index (χ2n) is 4.44. The number of amides is 1. The first-order valence-corrected chi connectivity index (χ1v) is 6.38. The van der Waals surface area contributed by atoms with Crippen molar-refractivity contribution in [3.8, 4) is 0 Å². The largest absolute Gasteiger partial charge is 0.468 e. The zero-order valence-electron chi connectivity index (χ0n) is 11.4. The van der Waals surface area contributed by atoms with Gasteiger partial charge in [-0.15, -0.1) is 0 Å². The van der Waals surface area contributed by atoms with Gasteiger partial charge in [0.2, 0.25) is 5.91 Å². The Morgan fingerprint density at radius 2 is 2.10 bits per heavy atom. The maximum atomic E-state index is 11.8. The third-order valence-electron chi connectivity index (χ3n) is 2.91. The monoisotopic (exact) mass is 289 g/mol. The molecule has 21 heavy (non-hydrogen) atoms. The molecule has 0 spiro atoms. The van der Waals surface area contributed by atoms with Crippen LogP contribution in [0.1, 0.15) is 18.7 Å². The van der Waals surface area contributed by atoms with Crippen LogP contribution in [0.3, 0.4) is 0 Å². The Kier molecular flexibility index (Phi) is 4.68. The number of nitrogens with one attached hydrogen (secondary N) is 2. The van der Waals surface area contributed by atoms with E-state index in [0.717, 1.165) is 0 Å². The molecule has 0 bridgehead atoms. The number of carbonyl (C=O) groups is 1. The highest BCUT2D eigenvalue weighted by molar-refractivity contribution is 5.94. The minimum atomic E-state index is -0.533. The molecule has 0 radical (unpaired) electrons. The molecule has 1 amide bonds. The molecule has 1 atom stereocenters. The minimum Gasteiger partial charge on any atom is -0.468 e. The second-order valence-corrected chi connectivity index (χ2v) is 4.44. The smallest absolute Gasteiger partial charge is 0.292 e. The Balaban J connectivity index is 1.92. The molecule has 1 heterocycles. The van der Waals surface area contributed by atoms with Crippen LogP contribution in [0.15, 0.2) is 47.1 Å². The molecular weight excluding hydrogens is 274 g/mol. The predicted molar refractivity (Wildman–Crippen MR) is 76.9 cm³/mol. The van der Waals surface area contributed by atoms with Gasteiger partial charge in [-0.1, -0.05) is 12.1 Å². The van der Waals surface area contributed by atoms with Gasteiger partial charge in [0.1, 0.15) is 11.4 Å². The highest BCUT2D eigenvalue weighted by atomic mass is 16.6. The van der Waals surface area contributed by atoms with Crippen LogP contribution in [0, 0.1) is 10.1 Å². The summed E-state index contributed by atoms with van der Waals surface area (Å²) in [6.45, 7) is 1.88. The molecule has 110 valence electrons. The fourth-order valence-corrected chi connectivity index (χ4v) is 1.82. The van der Waals surface area contributed by atoms with Crippen molar-refractivity contribution >= 4 is 17.3 Å². The van der Waals surface area contributed by atoms with Crippen LogP contribution in [0.5, 0.6) is 0 Å². The predicted octanol–water partition coefficient (Wildman–Crippen LogP) is 2.48. The van der Waals surface area contributed by atoms with Crippen molar-refractivity contribution in [2.24, 2.45) is 0 Å². The number of hydrogen-bond acceptors (Lipinski definition) is 5. The zero-order valence-corrected chi connectivity index (χ0v) is 11.4. The Bertz CT molecular complexity index is 625. The summed E-state index contributed by atoms with van der Waals surface area (Å²) in [6.07, 6.45) is 1.56. The minimum absolute atomic E-state index is 0.0217. The van der Waals surface area contributed by atoms with Crippen molar-refractivity contribution in [1.29, 1.82) is 0 Å². The summed E-state index contributed by atoms with van der Waals surface area (Å²) >= 11 is 0. The van der Waals surface area contributed by atoms with Crippen LogP contribution in [-0.4, -0.2) is 17.4 Å². The number of nitrogens with zero attached hydrogens (tertiary/aromatic N) is 1. The number of furan rings is 1. The SMILES string of the molecule is C[C@H](NCC(=O)Nc1ccccc1[N+](=O)[O-])c1ccco1. The number of carbonyl (C=O) groups excluding carboxylic acids is 1. The standard InChI is InChI=1S/C14H15N3O4/c1-10(13-7-4-8-21-13)15-9-14(18)16-11-5-2-3-6-12(11)17(19)20/h2-8,10,15H,9H2,1H3,(H,16,18)/t10-/m0/s1. The molecule has 0 saturated carbocycles. The van der Waals surface area contributed by atoms with Crippen LogP contribution in [0.25, 0.3) is 0 Å². The lowest BCUT2D eigenvalue weighted by atomic mass is 10.2. The lowest BCUT2D eigenvalue weighted by Crippen LogP contribution is -2.30. The van der Waals surface area contributed by atoms with E-state index >= 15 is 0 Å². The molecular formula is C14H15N3O4. The molecule has 2 N–H and O–H groups in total. The fraction of sp³-hybridized carbons (Fsp3) is 0.214. The van der Waals surface area contributed by atoms with E-state index in [9.17, 15) is 14.9 Å². The van der Waals surface area contributed by atoms with Crippen molar-refractivity contribution in [3.05, 3.63) is 58.5 Å². The van der Waals surface area contributed by atoms with Gasteiger partial charge in [-0.05, 0) is 25.1 Å². The molecule has 1 aromatic carbocycles. The maximum absolute atomic E-state index is 11.8. The van der Waals surface area contributed by atoms with Gasteiger partial charge in [0.25, 0.3) is 5.69 Å². The van der Waals surface area contributed by atoms with Gasteiger partial charge in [0, 0.05) is 6.07 Å². The molecule has 0 saturated heterocycles. The number of benzene rings is 1. The highest BCUT2D eigenvalue weighted by Crippen LogP contribution is 2.22. The van der Waals surface area contributed by atoms with E-state index in [1.807, 2.05) is 6.92 Å². The van der Waals surface area contributed by atoms with Gasteiger partial charge in [0.15, 0.2) is 0 Å². The third kappa shape index (κ3) is 3.90.